The highest BCUT2D eigenvalue weighted by molar-refractivity contribution is 5.87. The fourth-order valence-corrected chi connectivity index (χ4v) is 2.59. The Bertz CT molecular complexity index is 441. The fraction of sp³-hybridized carbons (Fsp3) is 0.308. The van der Waals surface area contributed by atoms with Gasteiger partial charge in [-0.3, -0.25) is 4.79 Å². The summed E-state index contributed by atoms with van der Waals surface area (Å²) in [6, 6.07) is 9.88. The second-order valence-corrected chi connectivity index (χ2v) is 4.47. The summed E-state index contributed by atoms with van der Waals surface area (Å²) in [5.41, 5.74) is 1.93. The molecule has 2 heteroatoms. The number of fused-ring (bicyclic) bond motifs is 1. The van der Waals surface area contributed by atoms with E-state index in [9.17, 15) is 4.79 Å². The summed E-state index contributed by atoms with van der Waals surface area (Å²) in [7, 11) is 0. The van der Waals surface area contributed by atoms with Crippen LogP contribution in [0, 0.1) is 11.3 Å². The summed E-state index contributed by atoms with van der Waals surface area (Å²) in [6.07, 6.45) is -0.135. The number of rotatable bonds is 1. The molecule has 2 nitrogen and oxygen atoms in total. The maximum atomic E-state index is 11.5. The number of cyclic esters (lactones) is 1. The minimum atomic E-state index is -0.154. The molecule has 1 aromatic carbocycles. The molecule has 76 valence electrons. The van der Waals surface area contributed by atoms with Crippen LogP contribution in [0.3, 0.4) is 0 Å². The molecule has 0 bridgehead atoms. The summed E-state index contributed by atoms with van der Waals surface area (Å²) in [5, 5.41) is 0. The van der Waals surface area contributed by atoms with Crippen molar-refractivity contribution >= 4 is 5.97 Å². The number of hydrogen-bond acceptors (Lipinski definition) is 2. The summed E-state index contributed by atoms with van der Waals surface area (Å²) in [6.45, 7) is 6.01. The van der Waals surface area contributed by atoms with Crippen LogP contribution in [0.1, 0.15) is 18.6 Å². The van der Waals surface area contributed by atoms with E-state index >= 15 is 0 Å². The predicted octanol–water partition coefficient (Wildman–Crippen LogP) is 2.48. The molecule has 1 saturated carbocycles. The Morgan fingerprint density at radius 1 is 1.33 bits per heavy atom. The molecule has 2 fully saturated rings. The third-order valence-corrected chi connectivity index (χ3v) is 3.67. The van der Waals surface area contributed by atoms with E-state index in [0.717, 1.165) is 11.1 Å². The van der Waals surface area contributed by atoms with Crippen LogP contribution >= 0.6 is 0 Å². The molecule has 1 aliphatic carbocycles. The van der Waals surface area contributed by atoms with Crippen LogP contribution < -0.4 is 0 Å². The van der Waals surface area contributed by atoms with Crippen LogP contribution in [0.25, 0.3) is 0 Å². The Labute approximate surface area is 88.6 Å². The van der Waals surface area contributed by atoms with Crippen LogP contribution in [0.2, 0.25) is 0 Å². The van der Waals surface area contributed by atoms with Crippen LogP contribution in [0.5, 0.6) is 0 Å². The maximum absolute atomic E-state index is 11.5. The highest BCUT2D eigenvalue weighted by Gasteiger charge is 2.70. The molecule has 0 amide bonds. The van der Waals surface area contributed by atoms with Gasteiger partial charge in [-0.1, -0.05) is 49.4 Å². The molecule has 15 heavy (non-hydrogen) atoms. The highest BCUT2D eigenvalue weighted by Crippen LogP contribution is 2.69. The number of hydrogen-bond donors (Lipinski definition) is 0. The van der Waals surface area contributed by atoms with Crippen molar-refractivity contribution in [3.63, 3.8) is 0 Å². The van der Waals surface area contributed by atoms with E-state index in [1.807, 2.05) is 30.3 Å². The smallest absolute Gasteiger partial charge is 0.314 e. The Balaban J connectivity index is 2.03. The lowest BCUT2D eigenvalue weighted by Crippen LogP contribution is -2.10. The number of carbonyl (C=O) groups is 1. The first-order chi connectivity index (χ1) is 7.15. The van der Waals surface area contributed by atoms with Crippen molar-refractivity contribution in [2.45, 2.75) is 13.0 Å². The van der Waals surface area contributed by atoms with E-state index in [0.29, 0.717) is 0 Å². The number of carbonyl (C=O) groups excluding carboxylic acids is 1. The van der Waals surface area contributed by atoms with Crippen LogP contribution in [-0.4, -0.2) is 5.97 Å². The third-order valence-electron chi connectivity index (χ3n) is 3.67. The molecule has 2 aliphatic rings. The Morgan fingerprint density at radius 2 is 2.00 bits per heavy atom. The van der Waals surface area contributed by atoms with Crippen molar-refractivity contribution in [2.24, 2.45) is 11.3 Å². The number of ether oxygens (including phenoxy) is 1. The topological polar surface area (TPSA) is 26.3 Å². The normalized spacial score (nSPS) is 37.4. The molecule has 0 spiro atoms. The van der Waals surface area contributed by atoms with Crippen molar-refractivity contribution in [2.75, 3.05) is 0 Å². The van der Waals surface area contributed by atoms with Gasteiger partial charge in [0.15, 0.2) is 0 Å². The van der Waals surface area contributed by atoms with Gasteiger partial charge in [0.1, 0.15) is 6.10 Å². The van der Waals surface area contributed by atoms with Crippen molar-refractivity contribution in [3.05, 3.63) is 48.0 Å². The van der Waals surface area contributed by atoms with Gasteiger partial charge in [0.2, 0.25) is 0 Å². The molecular weight excluding hydrogens is 188 g/mol. The molecule has 1 heterocycles. The number of benzene rings is 1. The monoisotopic (exact) mass is 200 g/mol. The largest absolute Gasteiger partial charge is 0.456 e. The van der Waals surface area contributed by atoms with Gasteiger partial charge in [-0.05, 0) is 5.56 Å². The lowest BCUT2D eigenvalue weighted by atomic mass is 9.93. The average molecular weight is 200 g/mol. The van der Waals surface area contributed by atoms with E-state index < -0.39 is 0 Å². The van der Waals surface area contributed by atoms with Gasteiger partial charge in [-0.2, -0.15) is 0 Å². The van der Waals surface area contributed by atoms with Gasteiger partial charge in [0.25, 0.3) is 0 Å². The van der Waals surface area contributed by atoms with E-state index in [4.69, 9.17) is 4.74 Å². The lowest BCUT2D eigenvalue weighted by molar-refractivity contribution is -0.144. The molecule has 0 N–H and O–H groups in total. The van der Waals surface area contributed by atoms with E-state index in [-0.39, 0.29) is 23.4 Å². The minimum absolute atomic E-state index is 0.0669. The predicted molar refractivity (Wildman–Crippen MR) is 56.0 cm³/mol. The van der Waals surface area contributed by atoms with Crippen LogP contribution in [-0.2, 0) is 9.53 Å². The fourth-order valence-electron chi connectivity index (χ4n) is 2.59. The molecule has 3 atom stereocenters. The first-order valence-corrected chi connectivity index (χ1v) is 5.10. The van der Waals surface area contributed by atoms with Crippen molar-refractivity contribution in [3.8, 4) is 0 Å². The van der Waals surface area contributed by atoms with E-state index in [2.05, 4.69) is 13.5 Å². The summed E-state index contributed by atoms with van der Waals surface area (Å²) in [4.78, 5) is 11.5. The molecular formula is C13H12O2. The van der Waals surface area contributed by atoms with Crippen molar-refractivity contribution in [1.82, 2.24) is 0 Å². The first-order valence-electron chi connectivity index (χ1n) is 5.10. The summed E-state index contributed by atoms with van der Waals surface area (Å²) < 4.78 is 5.38. The molecule has 0 aromatic heterocycles. The quantitative estimate of drug-likeness (QED) is 0.514. The Kier molecular flexibility index (Phi) is 1.46. The number of esters is 1. The van der Waals surface area contributed by atoms with Gasteiger partial charge in [-0.15, -0.1) is 0 Å². The van der Waals surface area contributed by atoms with Gasteiger partial charge >= 0.3 is 5.97 Å². The molecule has 3 rings (SSSR count). The average Bonchev–Trinajstić information content (AvgIpc) is 2.66. The van der Waals surface area contributed by atoms with Gasteiger partial charge < -0.3 is 4.74 Å². The zero-order valence-electron chi connectivity index (χ0n) is 8.57. The molecule has 0 unspecified atom stereocenters. The highest BCUT2D eigenvalue weighted by atomic mass is 16.6. The maximum Gasteiger partial charge on any atom is 0.314 e. The van der Waals surface area contributed by atoms with Crippen molar-refractivity contribution in [1.29, 1.82) is 0 Å². The summed E-state index contributed by atoms with van der Waals surface area (Å²) in [5.74, 6) is -0.181. The van der Waals surface area contributed by atoms with Gasteiger partial charge in [0.05, 0.1) is 5.92 Å². The second-order valence-electron chi connectivity index (χ2n) is 4.47. The second kappa shape index (κ2) is 2.51. The zero-order chi connectivity index (χ0) is 10.6. The Hall–Kier alpha value is -1.57. The van der Waals surface area contributed by atoms with Crippen molar-refractivity contribution < 1.29 is 9.53 Å². The van der Waals surface area contributed by atoms with Crippen LogP contribution in [0.15, 0.2) is 42.5 Å². The Morgan fingerprint density at radius 3 is 2.53 bits per heavy atom. The van der Waals surface area contributed by atoms with E-state index in [1.165, 1.54) is 0 Å². The van der Waals surface area contributed by atoms with Gasteiger partial charge in [0, 0.05) is 5.41 Å². The van der Waals surface area contributed by atoms with Gasteiger partial charge in [-0.25, -0.2) is 0 Å². The third kappa shape index (κ3) is 0.916. The standard InChI is InChI=1S/C13H12O2/c1-8-10-12(14)15-11(13(8,10)2)9-6-4-3-5-7-9/h3-7,10-11H,1H2,2H3/t10-,11-,13-/m0/s1. The molecule has 0 radical (unpaired) electrons. The first kappa shape index (κ1) is 8.72. The van der Waals surface area contributed by atoms with Crippen LogP contribution in [0.4, 0.5) is 0 Å². The molecule has 1 saturated heterocycles. The molecule has 1 aromatic rings. The minimum Gasteiger partial charge on any atom is -0.456 e. The zero-order valence-corrected chi connectivity index (χ0v) is 8.57. The SMILES string of the molecule is C=C1[C@H]2C(=O)O[C@@H](c3ccccc3)[C@@]12C. The molecule has 1 aliphatic heterocycles. The summed E-state index contributed by atoms with van der Waals surface area (Å²) >= 11 is 0. The lowest BCUT2D eigenvalue weighted by Gasteiger charge is -2.18. The van der Waals surface area contributed by atoms with E-state index in [1.54, 1.807) is 0 Å².